The number of aromatic nitrogens is 2. The van der Waals surface area contributed by atoms with Crippen LogP contribution in [0.1, 0.15) is 34.2 Å². The van der Waals surface area contributed by atoms with E-state index >= 15 is 0 Å². The molecule has 2 aromatic heterocycles. The van der Waals surface area contributed by atoms with Crippen molar-refractivity contribution in [3.05, 3.63) is 64.4 Å². The zero-order valence-electron chi connectivity index (χ0n) is 14.7. The zero-order valence-corrected chi connectivity index (χ0v) is 15.5. The normalized spacial score (nSPS) is 10.8. The molecule has 0 fully saturated rings. The van der Waals surface area contributed by atoms with E-state index in [1.165, 1.54) is 0 Å². The molecule has 3 rings (SSSR count). The van der Waals surface area contributed by atoms with Crippen molar-refractivity contribution in [1.82, 2.24) is 14.9 Å². The molecule has 2 heterocycles. The van der Waals surface area contributed by atoms with E-state index in [1.54, 1.807) is 17.5 Å². The molecule has 3 aromatic rings. The number of rotatable bonds is 6. The molecule has 0 saturated carbocycles. The van der Waals surface area contributed by atoms with E-state index < -0.39 is 0 Å². The van der Waals surface area contributed by atoms with Gasteiger partial charge in [-0.3, -0.25) is 9.36 Å². The second-order valence-corrected chi connectivity index (χ2v) is 6.74. The van der Waals surface area contributed by atoms with Gasteiger partial charge in [-0.05, 0) is 44.2 Å². The molecule has 0 spiro atoms. The van der Waals surface area contributed by atoms with Gasteiger partial charge in [0.15, 0.2) is 5.13 Å². The highest BCUT2D eigenvalue weighted by atomic mass is 32.1. The van der Waals surface area contributed by atoms with Crippen LogP contribution in [0, 0.1) is 13.8 Å². The molecular weight excluding hydrogens is 332 g/mol. The van der Waals surface area contributed by atoms with E-state index in [0.29, 0.717) is 5.56 Å². The molecule has 0 bridgehead atoms. The average molecular weight is 354 g/mol. The maximum atomic E-state index is 12.7. The number of benzene rings is 1. The lowest BCUT2D eigenvalue weighted by atomic mass is 10.2. The molecule has 25 heavy (non-hydrogen) atoms. The Bertz CT molecular complexity index is 868. The SMILES string of the molecule is CCNCc1cccc(NC(=O)c2cc(C)n(-c3nccs3)c2C)c1. The molecule has 0 aliphatic heterocycles. The van der Waals surface area contributed by atoms with Crippen molar-refractivity contribution in [2.24, 2.45) is 0 Å². The van der Waals surface area contributed by atoms with Crippen LogP contribution in [0.3, 0.4) is 0 Å². The van der Waals surface area contributed by atoms with Crippen LogP contribution in [0.4, 0.5) is 5.69 Å². The van der Waals surface area contributed by atoms with Gasteiger partial charge in [0.05, 0.1) is 5.56 Å². The first-order valence-electron chi connectivity index (χ1n) is 8.30. The molecular formula is C19H22N4OS. The Labute approximate surface area is 151 Å². The second-order valence-electron chi connectivity index (χ2n) is 5.87. The maximum Gasteiger partial charge on any atom is 0.257 e. The van der Waals surface area contributed by atoms with Crippen LogP contribution in [-0.2, 0) is 6.54 Å². The summed E-state index contributed by atoms with van der Waals surface area (Å²) < 4.78 is 2.02. The third-order valence-electron chi connectivity index (χ3n) is 4.05. The topological polar surface area (TPSA) is 58.9 Å². The van der Waals surface area contributed by atoms with Gasteiger partial charge >= 0.3 is 0 Å². The van der Waals surface area contributed by atoms with Crippen molar-refractivity contribution < 1.29 is 4.79 Å². The van der Waals surface area contributed by atoms with Crippen LogP contribution in [0.25, 0.3) is 5.13 Å². The van der Waals surface area contributed by atoms with Crippen molar-refractivity contribution in [3.63, 3.8) is 0 Å². The highest BCUT2D eigenvalue weighted by Crippen LogP contribution is 2.23. The fourth-order valence-corrected chi connectivity index (χ4v) is 3.59. The summed E-state index contributed by atoms with van der Waals surface area (Å²) in [6.07, 6.45) is 1.77. The van der Waals surface area contributed by atoms with E-state index in [2.05, 4.69) is 22.5 Å². The number of nitrogens with zero attached hydrogens (tertiary/aromatic N) is 2. The smallest absolute Gasteiger partial charge is 0.257 e. The number of nitrogens with one attached hydrogen (secondary N) is 2. The molecule has 0 saturated heterocycles. The van der Waals surface area contributed by atoms with Crippen LogP contribution < -0.4 is 10.6 Å². The zero-order chi connectivity index (χ0) is 17.8. The molecule has 130 valence electrons. The molecule has 1 aromatic carbocycles. The Morgan fingerprint density at radius 1 is 1.28 bits per heavy atom. The minimum atomic E-state index is -0.100. The molecule has 2 N–H and O–H groups in total. The highest BCUT2D eigenvalue weighted by Gasteiger charge is 2.17. The highest BCUT2D eigenvalue weighted by molar-refractivity contribution is 7.12. The van der Waals surface area contributed by atoms with Crippen LogP contribution in [0.5, 0.6) is 0 Å². The lowest BCUT2D eigenvalue weighted by Gasteiger charge is -2.09. The average Bonchev–Trinajstić information content (AvgIpc) is 3.21. The summed E-state index contributed by atoms with van der Waals surface area (Å²) in [6.45, 7) is 7.72. The molecule has 0 atom stereocenters. The fourth-order valence-electron chi connectivity index (χ4n) is 2.84. The third kappa shape index (κ3) is 3.81. The number of carbonyl (C=O) groups excluding carboxylic acids is 1. The Kier molecular flexibility index (Phi) is 5.31. The number of thiazole rings is 1. The molecule has 0 aliphatic rings. The number of hydrogen-bond acceptors (Lipinski definition) is 4. The van der Waals surface area contributed by atoms with Crippen molar-refractivity contribution in [2.75, 3.05) is 11.9 Å². The molecule has 6 heteroatoms. The maximum absolute atomic E-state index is 12.7. The number of hydrogen-bond donors (Lipinski definition) is 2. The summed E-state index contributed by atoms with van der Waals surface area (Å²) >= 11 is 1.56. The summed E-state index contributed by atoms with van der Waals surface area (Å²) in [5, 5.41) is 9.11. The van der Waals surface area contributed by atoms with E-state index in [0.717, 1.165) is 40.9 Å². The Morgan fingerprint density at radius 3 is 2.84 bits per heavy atom. The monoisotopic (exact) mass is 354 g/mol. The van der Waals surface area contributed by atoms with Gasteiger partial charge in [-0.15, -0.1) is 11.3 Å². The van der Waals surface area contributed by atoms with Crippen molar-refractivity contribution in [3.8, 4) is 5.13 Å². The first kappa shape index (κ1) is 17.4. The van der Waals surface area contributed by atoms with Gasteiger partial charge in [-0.2, -0.15) is 0 Å². The Morgan fingerprint density at radius 2 is 2.12 bits per heavy atom. The summed E-state index contributed by atoms with van der Waals surface area (Å²) in [5.74, 6) is -0.100. The molecule has 0 aliphatic carbocycles. The predicted molar refractivity (Wildman–Crippen MR) is 103 cm³/mol. The van der Waals surface area contributed by atoms with Gasteiger partial charge in [0.1, 0.15) is 0 Å². The van der Waals surface area contributed by atoms with Gasteiger partial charge in [0.25, 0.3) is 5.91 Å². The van der Waals surface area contributed by atoms with Gasteiger partial charge < -0.3 is 10.6 Å². The molecule has 1 amide bonds. The second kappa shape index (κ2) is 7.63. The van der Waals surface area contributed by atoms with Crippen molar-refractivity contribution in [1.29, 1.82) is 0 Å². The summed E-state index contributed by atoms with van der Waals surface area (Å²) in [6, 6.07) is 9.83. The van der Waals surface area contributed by atoms with Crippen LogP contribution in [0.15, 0.2) is 41.9 Å². The molecule has 5 nitrogen and oxygen atoms in total. The lowest BCUT2D eigenvalue weighted by Crippen LogP contribution is -2.14. The quantitative estimate of drug-likeness (QED) is 0.705. The summed E-state index contributed by atoms with van der Waals surface area (Å²) in [4.78, 5) is 17.1. The van der Waals surface area contributed by atoms with Crippen LogP contribution >= 0.6 is 11.3 Å². The first-order chi connectivity index (χ1) is 12.1. The van der Waals surface area contributed by atoms with Crippen molar-refractivity contribution in [2.45, 2.75) is 27.3 Å². The van der Waals surface area contributed by atoms with Gasteiger partial charge in [0.2, 0.25) is 0 Å². The minimum absolute atomic E-state index is 0.100. The lowest BCUT2D eigenvalue weighted by molar-refractivity contribution is 0.102. The Hall–Kier alpha value is -2.44. The van der Waals surface area contributed by atoms with Crippen LogP contribution in [0.2, 0.25) is 0 Å². The van der Waals surface area contributed by atoms with E-state index in [-0.39, 0.29) is 5.91 Å². The minimum Gasteiger partial charge on any atom is -0.322 e. The fraction of sp³-hybridized carbons (Fsp3) is 0.263. The number of aryl methyl sites for hydroxylation is 1. The van der Waals surface area contributed by atoms with E-state index in [4.69, 9.17) is 0 Å². The number of carbonyl (C=O) groups is 1. The number of amides is 1. The largest absolute Gasteiger partial charge is 0.322 e. The summed E-state index contributed by atoms with van der Waals surface area (Å²) in [5.41, 5.74) is 4.52. The van der Waals surface area contributed by atoms with Gasteiger partial charge in [-0.1, -0.05) is 19.1 Å². The first-order valence-corrected chi connectivity index (χ1v) is 9.18. The van der Waals surface area contributed by atoms with Crippen LogP contribution in [-0.4, -0.2) is 22.0 Å². The molecule has 0 radical (unpaired) electrons. The Balaban J connectivity index is 1.82. The molecule has 0 unspecified atom stereocenters. The third-order valence-corrected chi connectivity index (χ3v) is 4.81. The predicted octanol–water partition coefficient (Wildman–Crippen LogP) is 3.91. The summed E-state index contributed by atoms with van der Waals surface area (Å²) in [7, 11) is 0. The van der Waals surface area contributed by atoms with Gasteiger partial charge in [-0.25, -0.2) is 4.98 Å². The standard InChI is InChI=1S/C19H22N4OS/c1-4-20-12-15-6-5-7-16(11-15)22-18(24)17-10-13(2)23(14(17)3)19-21-8-9-25-19/h5-11,20H,4,12H2,1-3H3,(H,22,24). The van der Waals surface area contributed by atoms with E-state index in [1.807, 2.05) is 54.1 Å². The van der Waals surface area contributed by atoms with Crippen molar-refractivity contribution >= 4 is 22.9 Å². The van der Waals surface area contributed by atoms with Gasteiger partial charge in [0, 0.05) is 35.2 Å². The van der Waals surface area contributed by atoms with E-state index in [9.17, 15) is 4.79 Å². The number of anilines is 1.